The van der Waals surface area contributed by atoms with E-state index < -0.39 is 37.3 Å². The fourth-order valence-corrected chi connectivity index (χ4v) is 16.8. The second-order valence-electron chi connectivity index (χ2n) is 10.8. The van der Waals surface area contributed by atoms with Crippen LogP contribution in [-0.2, 0) is 17.8 Å². The van der Waals surface area contributed by atoms with Crippen molar-refractivity contribution in [1.29, 1.82) is 0 Å². The summed E-state index contributed by atoms with van der Waals surface area (Å²) in [6.45, 7) is 20.9. The Morgan fingerprint density at radius 1 is 1.00 bits per heavy atom. The van der Waals surface area contributed by atoms with Gasteiger partial charge in [-0.25, -0.2) is 4.79 Å². The molecule has 0 radical (unpaired) electrons. The zero-order valence-electron chi connectivity index (χ0n) is 20.0. The van der Waals surface area contributed by atoms with Crippen molar-refractivity contribution < 1.29 is 22.9 Å². The molecule has 5 nitrogen and oxygen atoms in total. The lowest BCUT2D eigenvalue weighted by Gasteiger charge is -2.38. The molecular weight excluding hydrogens is 416 g/mol. The predicted octanol–water partition coefficient (Wildman–Crippen LogP) is 5.58. The van der Waals surface area contributed by atoms with Crippen LogP contribution in [0.4, 0.5) is 0 Å². The van der Waals surface area contributed by atoms with Crippen LogP contribution in [0, 0.1) is 5.92 Å². The number of esters is 1. The molecule has 0 aliphatic heterocycles. The maximum absolute atomic E-state index is 11.7. The number of carbonyl (C=O) groups excluding carboxylic acids is 1. The number of hydrogen-bond donors (Lipinski definition) is 1. The first-order valence-corrected chi connectivity index (χ1v) is 20.4. The van der Waals surface area contributed by atoms with Gasteiger partial charge >= 0.3 is 14.5 Å². The highest BCUT2D eigenvalue weighted by Crippen LogP contribution is 2.32. The van der Waals surface area contributed by atoms with E-state index in [4.69, 9.17) is 13.0 Å². The maximum atomic E-state index is 11.7. The van der Waals surface area contributed by atoms with Gasteiger partial charge in [0.15, 0.2) is 16.6 Å². The molecule has 8 heteroatoms. The molecule has 0 spiro atoms. The summed E-state index contributed by atoms with van der Waals surface area (Å²) < 4.78 is 18.5. The highest BCUT2D eigenvalue weighted by Gasteiger charge is 2.40. The van der Waals surface area contributed by atoms with E-state index >= 15 is 0 Å². The summed E-state index contributed by atoms with van der Waals surface area (Å²) in [5.41, 5.74) is 0.382. The van der Waals surface area contributed by atoms with Crippen molar-refractivity contribution in [1.82, 2.24) is 0 Å². The van der Waals surface area contributed by atoms with Crippen LogP contribution in [0.5, 0.6) is 0 Å². The molecule has 1 fully saturated rings. The first-order chi connectivity index (χ1) is 13.1. The fraction of sp³-hybridized carbons (Fsp3) is 0.857. The average Bonchev–Trinajstić information content (AvgIpc) is 2.50. The molecule has 0 aromatic rings. The third kappa shape index (κ3) is 11.1. The van der Waals surface area contributed by atoms with Crippen molar-refractivity contribution >= 4 is 31.2 Å². The molecule has 0 aromatic heterocycles. The molecular formula is C21H44O5Si3. The molecule has 3 unspecified atom stereocenters. The van der Waals surface area contributed by atoms with Gasteiger partial charge in [-0.05, 0) is 84.0 Å². The number of rotatable bonds is 11. The van der Waals surface area contributed by atoms with Gasteiger partial charge in [0.2, 0.25) is 0 Å². The Morgan fingerprint density at radius 3 is 2.00 bits per heavy atom. The molecule has 1 aliphatic carbocycles. The molecule has 0 bridgehead atoms. The molecule has 29 heavy (non-hydrogen) atoms. The lowest BCUT2D eigenvalue weighted by atomic mass is 9.82. The minimum Gasteiger partial charge on any atom is -0.456 e. The van der Waals surface area contributed by atoms with Gasteiger partial charge in [-0.2, -0.15) is 0 Å². The lowest BCUT2D eigenvalue weighted by Crippen LogP contribution is -2.52. The van der Waals surface area contributed by atoms with E-state index in [-0.39, 0.29) is 6.10 Å². The quantitative estimate of drug-likeness (QED) is 0.189. The Kier molecular flexibility index (Phi) is 10.0. The summed E-state index contributed by atoms with van der Waals surface area (Å²) in [5.74, 6) is 0.0927. The van der Waals surface area contributed by atoms with Crippen molar-refractivity contribution in [3.05, 3.63) is 12.2 Å². The Hall–Kier alpha value is -0.259. The number of carbonyl (C=O) groups is 1. The van der Waals surface area contributed by atoms with Gasteiger partial charge in [0.05, 0.1) is 6.10 Å². The zero-order valence-corrected chi connectivity index (χ0v) is 23.0. The van der Waals surface area contributed by atoms with Crippen molar-refractivity contribution in [2.75, 3.05) is 0 Å². The van der Waals surface area contributed by atoms with Gasteiger partial charge in [0, 0.05) is 5.57 Å². The van der Waals surface area contributed by atoms with Crippen molar-refractivity contribution in [2.24, 2.45) is 5.92 Å². The van der Waals surface area contributed by atoms with Crippen LogP contribution in [0.1, 0.15) is 45.4 Å². The van der Waals surface area contributed by atoms with E-state index in [1.54, 1.807) is 6.92 Å². The Labute approximate surface area is 181 Å². The van der Waals surface area contributed by atoms with Crippen molar-refractivity contribution in [3.63, 3.8) is 0 Å². The van der Waals surface area contributed by atoms with E-state index in [1.807, 2.05) is 0 Å². The third-order valence-corrected chi connectivity index (χ3v) is 14.6. The van der Waals surface area contributed by atoms with Gasteiger partial charge < -0.3 is 18.1 Å². The van der Waals surface area contributed by atoms with E-state index in [9.17, 15) is 9.90 Å². The second kappa shape index (κ2) is 10.9. The number of hydrogen-bond acceptors (Lipinski definition) is 5. The standard InChI is InChI=1S/C21H44O5Si3/c1-17(2)21(23)24-20-14-13-18(16-19(20)22)12-10-11-15-29(9,25-27(3,4)5)26-28(6,7)8/h18-20,22H,1,10-16H2,2-9H3. The molecule has 1 rings (SSSR count). The summed E-state index contributed by atoms with van der Waals surface area (Å²) in [6.07, 6.45) is 4.82. The van der Waals surface area contributed by atoms with Gasteiger partial charge in [-0.15, -0.1) is 0 Å². The lowest BCUT2D eigenvalue weighted by molar-refractivity contribution is -0.154. The largest absolute Gasteiger partial charge is 0.456 e. The molecule has 1 N–H and O–H groups in total. The van der Waals surface area contributed by atoms with Crippen LogP contribution >= 0.6 is 0 Å². The molecule has 1 aliphatic rings. The van der Waals surface area contributed by atoms with E-state index in [0.717, 1.165) is 38.1 Å². The smallest absolute Gasteiger partial charge is 0.333 e. The third-order valence-electron chi connectivity index (χ3n) is 5.01. The van der Waals surface area contributed by atoms with Crippen LogP contribution in [0.25, 0.3) is 0 Å². The van der Waals surface area contributed by atoms with Gasteiger partial charge in [0.25, 0.3) is 0 Å². The Balaban J connectivity index is 2.46. The summed E-state index contributed by atoms with van der Waals surface area (Å²) >= 11 is 0. The summed E-state index contributed by atoms with van der Waals surface area (Å²) in [4.78, 5) is 11.7. The predicted molar refractivity (Wildman–Crippen MR) is 127 cm³/mol. The highest BCUT2D eigenvalue weighted by molar-refractivity contribution is 6.87. The first kappa shape index (κ1) is 26.8. The number of unbranched alkanes of at least 4 members (excludes halogenated alkanes) is 1. The van der Waals surface area contributed by atoms with Crippen LogP contribution in [0.15, 0.2) is 12.2 Å². The minimum absolute atomic E-state index is 0.382. The SMILES string of the molecule is C=C(C)C(=O)OC1CCC(CCCC[Si](C)(O[Si](C)(C)C)O[Si](C)(C)C)CC1O. The molecule has 0 heterocycles. The van der Waals surface area contributed by atoms with Gasteiger partial charge in [0.1, 0.15) is 6.10 Å². The molecule has 170 valence electrons. The molecule has 3 atom stereocenters. The highest BCUT2D eigenvalue weighted by atomic mass is 28.5. The molecule has 0 aromatic carbocycles. The monoisotopic (exact) mass is 460 g/mol. The number of aliphatic hydroxyl groups excluding tert-OH is 1. The summed E-state index contributed by atoms with van der Waals surface area (Å²) in [6, 6.07) is 1.04. The molecule has 0 amide bonds. The molecule has 0 saturated heterocycles. The van der Waals surface area contributed by atoms with E-state index in [0.29, 0.717) is 17.9 Å². The summed E-state index contributed by atoms with van der Waals surface area (Å²) in [5, 5.41) is 10.4. The average molecular weight is 461 g/mol. The normalized spacial score (nSPS) is 23.7. The molecule has 1 saturated carbocycles. The van der Waals surface area contributed by atoms with Gasteiger partial charge in [-0.3, -0.25) is 0 Å². The van der Waals surface area contributed by atoms with Gasteiger partial charge in [-0.1, -0.05) is 25.8 Å². The fourth-order valence-electron chi connectivity index (χ4n) is 4.14. The maximum Gasteiger partial charge on any atom is 0.333 e. The number of ether oxygens (including phenoxy) is 1. The van der Waals surface area contributed by atoms with Crippen LogP contribution < -0.4 is 0 Å². The Bertz CT molecular complexity index is 538. The van der Waals surface area contributed by atoms with Crippen molar-refractivity contribution in [2.45, 2.75) is 110 Å². The first-order valence-electron chi connectivity index (χ1n) is 11.1. The topological polar surface area (TPSA) is 65.0 Å². The number of aliphatic hydroxyl groups is 1. The van der Waals surface area contributed by atoms with Crippen LogP contribution in [0.3, 0.4) is 0 Å². The minimum atomic E-state index is -2.15. The van der Waals surface area contributed by atoms with Crippen LogP contribution in [-0.4, -0.2) is 48.5 Å². The van der Waals surface area contributed by atoms with E-state index in [1.165, 1.54) is 0 Å². The van der Waals surface area contributed by atoms with Crippen molar-refractivity contribution in [3.8, 4) is 0 Å². The van der Waals surface area contributed by atoms with E-state index in [2.05, 4.69) is 52.4 Å². The van der Waals surface area contributed by atoms with Crippen LogP contribution in [0.2, 0.25) is 51.9 Å². The summed E-state index contributed by atoms with van der Waals surface area (Å²) in [7, 11) is -5.44. The second-order valence-corrected chi connectivity index (χ2v) is 23.6. The Morgan fingerprint density at radius 2 is 1.55 bits per heavy atom. The zero-order chi connectivity index (χ0) is 22.5.